The summed E-state index contributed by atoms with van der Waals surface area (Å²) in [7, 11) is 3.60. The van der Waals surface area contributed by atoms with E-state index in [4.69, 9.17) is 0 Å². The largest absolute Gasteiger partial charge is 0.303 e. The lowest BCUT2D eigenvalue weighted by Crippen LogP contribution is -2.00. The average molecular weight is 219 g/mol. The maximum Gasteiger partial charge on any atom is 0.276 e. The van der Waals surface area contributed by atoms with E-state index in [1.54, 1.807) is 55.7 Å². The van der Waals surface area contributed by atoms with Crippen LogP contribution in [0.4, 0.5) is 5.69 Å². The van der Waals surface area contributed by atoms with Gasteiger partial charge in [-0.05, 0) is 18.2 Å². The van der Waals surface area contributed by atoms with E-state index in [0.29, 0.717) is 5.56 Å². The predicted octanol–water partition coefficient (Wildman–Crippen LogP) is 2.16. The molecule has 0 N–H and O–H groups in total. The van der Waals surface area contributed by atoms with Gasteiger partial charge in [-0.1, -0.05) is 12.1 Å². The minimum absolute atomic E-state index is 0.0944. The van der Waals surface area contributed by atoms with Crippen molar-refractivity contribution in [2.45, 2.75) is 0 Å². The summed E-state index contributed by atoms with van der Waals surface area (Å²) in [5.41, 5.74) is 0.662. The van der Waals surface area contributed by atoms with Crippen LogP contribution < -0.4 is 0 Å². The SMILES string of the molecule is CN(C)/N=C/C=C/c1ccccc1[N+](=O)[O-]. The van der Waals surface area contributed by atoms with E-state index in [1.165, 1.54) is 6.07 Å². The van der Waals surface area contributed by atoms with Gasteiger partial charge >= 0.3 is 0 Å². The third-order valence-electron chi connectivity index (χ3n) is 1.79. The van der Waals surface area contributed by atoms with Crippen LogP contribution in [-0.2, 0) is 0 Å². The highest BCUT2D eigenvalue weighted by Crippen LogP contribution is 2.18. The van der Waals surface area contributed by atoms with Crippen molar-refractivity contribution in [1.82, 2.24) is 5.01 Å². The minimum atomic E-state index is -0.400. The van der Waals surface area contributed by atoms with Crippen LogP contribution in [0.15, 0.2) is 35.4 Å². The molecule has 0 saturated carbocycles. The predicted molar refractivity (Wildman–Crippen MR) is 64.3 cm³/mol. The van der Waals surface area contributed by atoms with Crippen molar-refractivity contribution in [3.8, 4) is 0 Å². The van der Waals surface area contributed by atoms with E-state index in [-0.39, 0.29) is 5.69 Å². The second-order valence-electron chi connectivity index (χ2n) is 3.29. The van der Waals surface area contributed by atoms with Gasteiger partial charge in [0.2, 0.25) is 0 Å². The van der Waals surface area contributed by atoms with Crippen LogP contribution in [0.1, 0.15) is 5.56 Å². The fourth-order valence-electron chi connectivity index (χ4n) is 1.11. The molecule has 0 aliphatic heterocycles. The molecule has 0 radical (unpaired) electrons. The third kappa shape index (κ3) is 3.53. The van der Waals surface area contributed by atoms with E-state index < -0.39 is 4.92 Å². The highest BCUT2D eigenvalue weighted by molar-refractivity contribution is 5.79. The number of benzene rings is 1. The number of hydrogen-bond donors (Lipinski definition) is 0. The van der Waals surface area contributed by atoms with Gasteiger partial charge in [-0.3, -0.25) is 10.1 Å². The summed E-state index contributed by atoms with van der Waals surface area (Å²) in [5.74, 6) is 0. The molecule has 1 aromatic rings. The smallest absolute Gasteiger partial charge is 0.276 e. The van der Waals surface area contributed by atoms with E-state index in [9.17, 15) is 10.1 Å². The summed E-state index contributed by atoms with van der Waals surface area (Å²) in [5, 5.41) is 16.3. The molecule has 0 atom stereocenters. The lowest BCUT2D eigenvalue weighted by atomic mass is 10.2. The minimum Gasteiger partial charge on any atom is -0.303 e. The number of hydrazone groups is 1. The highest BCUT2D eigenvalue weighted by atomic mass is 16.6. The first kappa shape index (κ1) is 11.9. The molecule has 5 nitrogen and oxygen atoms in total. The van der Waals surface area contributed by atoms with Gasteiger partial charge in [-0.15, -0.1) is 0 Å². The molecule has 5 heteroatoms. The number of allylic oxidation sites excluding steroid dienone is 1. The summed E-state index contributed by atoms with van der Waals surface area (Å²) in [6.07, 6.45) is 4.91. The summed E-state index contributed by atoms with van der Waals surface area (Å²) in [6, 6.07) is 6.57. The number of hydrogen-bond acceptors (Lipinski definition) is 4. The Labute approximate surface area is 93.8 Å². The van der Waals surface area contributed by atoms with E-state index >= 15 is 0 Å². The maximum absolute atomic E-state index is 10.7. The summed E-state index contributed by atoms with van der Waals surface area (Å²) >= 11 is 0. The summed E-state index contributed by atoms with van der Waals surface area (Å²) in [6.45, 7) is 0. The molecular formula is C11H13N3O2. The Balaban J connectivity index is 2.85. The molecule has 0 saturated heterocycles. The Kier molecular flexibility index (Phi) is 4.20. The van der Waals surface area contributed by atoms with Gasteiger partial charge in [-0.25, -0.2) is 0 Å². The molecule has 0 fully saturated rings. The van der Waals surface area contributed by atoms with Gasteiger partial charge in [0, 0.05) is 26.4 Å². The molecular weight excluding hydrogens is 206 g/mol. The number of nitro groups is 1. The molecule has 0 aliphatic carbocycles. The zero-order chi connectivity index (χ0) is 12.0. The molecule has 0 unspecified atom stereocenters. The number of rotatable bonds is 4. The van der Waals surface area contributed by atoms with Crippen molar-refractivity contribution in [2.24, 2.45) is 5.10 Å². The molecule has 84 valence electrons. The van der Waals surface area contributed by atoms with Crippen LogP contribution in [0.5, 0.6) is 0 Å². The van der Waals surface area contributed by atoms with E-state index in [1.807, 2.05) is 0 Å². The van der Waals surface area contributed by atoms with Gasteiger partial charge in [0.25, 0.3) is 5.69 Å². The van der Waals surface area contributed by atoms with Crippen molar-refractivity contribution in [3.63, 3.8) is 0 Å². The van der Waals surface area contributed by atoms with Crippen LogP contribution in [-0.4, -0.2) is 30.2 Å². The number of para-hydroxylation sites is 1. The normalized spacial score (nSPS) is 11.1. The quantitative estimate of drug-likeness (QED) is 0.443. The monoisotopic (exact) mass is 219 g/mol. The van der Waals surface area contributed by atoms with Crippen LogP contribution in [0.2, 0.25) is 0 Å². The lowest BCUT2D eigenvalue weighted by Gasteiger charge is -2.00. The number of nitrogens with zero attached hydrogens (tertiary/aromatic N) is 3. The Bertz CT molecular complexity index is 425. The third-order valence-corrected chi connectivity index (χ3v) is 1.79. The Morgan fingerprint density at radius 1 is 1.38 bits per heavy atom. The van der Waals surface area contributed by atoms with E-state index in [0.717, 1.165) is 0 Å². The molecule has 16 heavy (non-hydrogen) atoms. The molecule has 0 aromatic heterocycles. The zero-order valence-corrected chi connectivity index (χ0v) is 9.20. The van der Waals surface area contributed by atoms with Crippen molar-refractivity contribution in [3.05, 3.63) is 46.0 Å². The summed E-state index contributed by atoms with van der Waals surface area (Å²) < 4.78 is 0. The van der Waals surface area contributed by atoms with Crippen LogP contribution >= 0.6 is 0 Å². The fourth-order valence-corrected chi connectivity index (χ4v) is 1.11. The van der Waals surface area contributed by atoms with Gasteiger partial charge in [0.1, 0.15) is 0 Å². The first-order valence-electron chi connectivity index (χ1n) is 4.72. The summed E-state index contributed by atoms with van der Waals surface area (Å²) in [4.78, 5) is 10.3. The van der Waals surface area contributed by atoms with Gasteiger partial charge < -0.3 is 5.01 Å². The molecule has 0 spiro atoms. The van der Waals surface area contributed by atoms with Crippen molar-refractivity contribution in [2.75, 3.05) is 14.1 Å². The van der Waals surface area contributed by atoms with Crippen molar-refractivity contribution < 1.29 is 4.92 Å². The zero-order valence-electron chi connectivity index (χ0n) is 9.20. The molecule has 0 heterocycles. The van der Waals surface area contributed by atoms with Crippen LogP contribution in [0.3, 0.4) is 0 Å². The molecule has 0 aliphatic rings. The molecule has 0 bridgehead atoms. The second-order valence-corrected chi connectivity index (χ2v) is 3.29. The van der Waals surface area contributed by atoms with Crippen LogP contribution in [0, 0.1) is 10.1 Å². The van der Waals surface area contributed by atoms with Gasteiger partial charge in [0.05, 0.1) is 10.5 Å². The fraction of sp³-hybridized carbons (Fsp3) is 0.182. The van der Waals surface area contributed by atoms with Gasteiger partial charge in [-0.2, -0.15) is 5.10 Å². The lowest BCUT2D eigenvalue weighted by molar-refractivity contribution is -0.385. The number of nitro benzene ring substituents is 1. The molecule has 0 amide bonds. The molecule has 1 aromatic carbocycles. The van der Waals surface area contributed by atoms with E-state index in [2.05, 4.69) is 5.10 Å². The standard InChI is InChI=1S/C11H13N3O2/c1-13(2)12-9-5-7-10-6-3-4-8-11(10)14(15)16/h3-9H,1-2H3/b7-5+,12-9+. The highest BCUT2D eigenvalue weighted by Gasteiger charge is 2.08. The van der Waals surface area contributed by atoms with Crippen molar-refractivity contribution >= 4 is 18.0 Å². The van der Waals surface area contributed by atoms with Crippen LogP contribution in [0.25, 0.3) is 6.08 Å². The Morgan fingerprint density at radius 2 is 2.06 bits per heavy atom. The first-order chi connectivity index (χ1) is 7.61. The topological polar surface area (TPSA) is 58.7 Å². The van der Waals surface area contributed by atoms with Gasteiger partial charge in [0.15, 0.2) is 0 Å². The Morgan fingerprint density at radius 3 is 2.69 bits per heavy atom. The maximum atomic E-state index is 10.7. The molecule has 1 rings (SSSR count). The second kappa shape index (κ2) is 5.65. The average Bonchev–Trinajstić information content (AvgIpc) is 2.24. The van der Waals surface area contributed by atoms with Crippen molar-refractivity contribution in [1.29, 1.82) is 0 Å². The first-order valence-corrected chi connectivity index (χ1v) is 4.72. The Hall–Kier alpha value is -2.17.